The first-order valence-electron chi connectivity index (χ1n) is 6.87. The molecule has 0 atom stereocenters. The van der Waals surface area contributed by atoms with Gasteiger partial charge in [0.25, 0.3) is 0 Å². The minimum absolute atomic E-state index is 0.177. The van der Waals surface area contributed by atoms with Crippen LogP contribution in [0.4, 0.5) is 0 Å². The molecule has 5 heteroatoms. The average molecular weight is 297 g/mol. The zero-order valence-corrected chi connectivity index (χ0v) is 13.8. The minimum Gasteiger partial charge on any atom is -0.462 e. The molecule has 0 aromatic carbocycles. The SMILES string of the molecule is C=C(C)C(=O)OCC(C)(CCN(C)C)COC(=O)C(=C)C. The van der Waals surface area contributed by atoms with Crippen LogP contribution in [0.3, 0.4) is 0 Å². The molecule has 0 spiro atoms. The van der Waals surface area contributed by atoms with Crippen molar-refractivity contribution in [3.8, 4) is 0 Å². The molecule has 120 valence electrons. The molecular weight excluding hydrogens is 270 g/mol. The van der Waals surface area contributed by atoms with E-state index in [4.69, 9.17) is 9.47 Å². The Morgan fingerprint density at radius 2 is 1.38 bits per heavy atom. The largest absolute Gasteiger partial charge is 0.462 e. The fourth-order valence-electron chi connectivity index (χ4n) is 1.41. The topological polar surface area (TPSA) is 55.8 Å². The van der Waals surface area contributed by atoms with Crippen LogP contribution in [0.1, 0.15) is 27.2 Å². The standard InChI is InChI=1S/C16H27NO4/c1-12(2)14(18)20-10-16(5,8-9-17(6)7)11-21-15(19)13(3)4/h1,3,8-11H2,2,4-7H3. The molecule has 0 radical (unpaired) electrons. The summed E-state index contributed by atoms with van der Waals surface area (Å²) in [6.07, 6.45) is 0.729. The molecule has 0 aliphatic rings. The van der Waals surface area contributed by atoms with Gasteiger partial charge in [-0.3, -0.25) is 0 Å². The highest BCUT2D eigenvalue weighted by Crippen LogP contribution is 2.23. The highest BCUT2D eigenvalue weighted by atomic mass is 16.5. The van der Waals surface area contributed by atoms with Crippen LogP contribution in [0, 0.1) is 5.41 Å². The Labute approximate surface area is 127 Å². The van der Waals surface area contributed by atoms with E-state index in [1.807, 2.05) is 25.9 Å². The van der Waals surface area contributed by atoms with Gasteiger partial charge in [-0.2, -0.15) is 0 Å². The van der Waals surface area contributed by atoms with Gasteiger partial charge in [0.05, 0.1) is 0 Å². The molecule has 0 saturated carbocycles. The number of hydrogen-bond acceptors (Lipinski definition) is 5. The van der Waals surface area contributed by atoms with Crippen LogP contribution in [0.25, 0.3) is 0 Å². The molecule has 0 bridgehead atoms. The Morgan fingerprint density at radius 1 is 1.00 bits per heavy atom. The van der Waals surface area contributed by atoms with Crippen LogP contribution in [0.2, 0.25) is 0 Å². The second-order valence-corrected chi connectivity index (χ2v) is 6.08. The van der Waals surface area contributed by atoms with Crippen molar-refractivity contribution in [2.75, 3.05) is 33.9 Å². The first-order valence-corrected chi connectivity index (χ1v) is 6.87. The third kappa shape index (κ3) is 8.30. The molecule has 0 fully saturated rings. The van der Waals surface area contributed by atoms with Crippen molar-refractivity contribution in [2.24, 2.45) is 5.41 Å². The lowest BCUT2D eigenvalue weighted by Gasteiger charge is -2.29. The fraction of sp³-hybridized carbons (Fsp3) is 0.625. The Morgan fingerprint density at radius 3 is 1.67 bits per heavy atom. The number of nitrogens with zero attached hydrogens (tertiary/aromatic N) is 1. The maximum Gasteiger partial charge on any atom is 0.333 e. The molecule has 0 heterocycles. The van der Waals surface area contributed by atoms with Gasteiger partial charge in [-0.25, -0.2) is 9.59 Å². The van der Waals surface area contributed by atoms with Gasteiger partial charge in [0, 0.05) is 16.6 Å². The molecular formula is C16H27NO4. The lowest BCUT2D eigenvalue weighted by molar-refractivity contribution is -0.149. The van der Waals surface area contributed by atoms with Crippen LogP contribution in [-0.4, -0.2) is 50.7 Å². The highest BCUT2D eigenvalue weighted by molar-refractivity contribution is 5.87. The summed E-state index contributed by atoms with van der Waals surface area (Å²) in [7, 11) is 3.92. The van der Waals surface area contributed by atoms with Crippen molar-refractivity contribution in [3.05, 3.63) is 24.3 Å². The zero-order chi connectivity index (χ0) is 16.6. The van der Waals surface area contributed by atoms with E-state index in [0.717, 1.165) is 13.0 Å². The summed E-state index contributed by atoms with van der Waals surface area (Å²) in [5.41, 5.74) is 0.258. The van der Waals surface area contributed by atoms with Gasteiger partial charge in [0.2, 0.25) is 0 Å². The molecule has 0 aliphatic heterocycles. The van der Waals surface area contributed by atoms with Gasteiger partial charge in [0.15, 0.2) is 0 Å². The van der Waals surface area contributed by atoms with Crippen LogP contribution in [0.5, 0.6) is 0 Å². The number of hydrogen-bond donors (Lipinski definition) is 0. The molecule has 0 saturated heterocycles. The Bertz CT molecular complexity index is 383. The quantitative estimate of drug-likeness (QED) is 0.482. The van der Waals surface area contributed by atoms with Crippen LogP contribution < -0.4 is 0 Å². The average Bonchev–Trinajstić information content (AvgIpc) is 2.39. The van der Waals surface area contributed by atoms with Crippen LogP contribution in [-0.2, 0) is 19.1 Å². The van der Waals surface area contributed by atoms with Gasteiger partial charge in [-0.15, -0.1) is 0 Å². The molecule has 0 unspecified atom stereocenters. The summed E-state index contributed by atoms with van der Waals surface area (Å²) < 4.78 is 10.4. The summed E-state index contributed by atoms with van der Waals surface area (Å²) in [5, 5.41) is 0. The molecule has 5 nitrogen and oxygen atoms in total. The predicted octanol–water partition coefficient (Wildman–Crippen LogP) is 2.18. The number of esters is 2. The van der Waals surface area contributed by atoms with Crippen molar-refractivity contribution in [1.29, 1.82) is 0 Å². The van der Waals surface area contributed by atoms with E-state index in [1.54, 1.807) is 13.8 Å². The third-order valence-electron chi connectivity index (χ3n) is 2.96. The smallest absolute Gasteiger partial charge is 0.333 e. The van der Waals surface area contributed by atoms with Crippen LogP contribution >= 0.6 is 0 Å². The van der Waals surface area contributed by atoms with Crippen molar-refractivity contribution in [3.63, 3.8) is 0 Å². The minimum atomic E-state index is -0.444. The number of carbonyl (C=O) groups is 2. The molecule has 0 rings (SSSR count). The Hall–Kier alpha value is -1.62. The van der Waals surface area contributed by atoms with Crippen molar-refractivity contribution in [1.82, 2.24) is 4.90 Å². The van der Waals surface area contributed by atoms with Crippen molar-refractivity contribution in [2.45, 2.75) is 27.2 Å². The van der Waals surface area contributed by atoms with E-state index in [0.29, 0.717) is 11.1 Å². The third-order valence-corrected chi connectivity index (χ3v) is 2.96. The van der Waals surface area contributed by atoms with Gasteiger partial charge in [-0.05, 0) is 40.9 Å². The van der Waals surface area contributed by atoms with Gasteiger partial charge in [0.1, 0.15) is 13.2 Å². The highest BCUT2D eigenvalue weighted by Gasteiger charge is 2.28. The summed E-state index contributed by atoms with van der Waals surface area (Å²) in [4.78, 5) is 25.1. The second kappa shape index (κ2) is 8.62. The van der Waals surface area contributed by atoms with Gasteiger partial charge < -0.3 is 14.4 Å². The van der Waals surface area contributed by atoms with Crippen LogP contribution in [0.15, 0.2) is 24.3 Å². The summed E-state index contributed by atoms with van der Waals surface area (Å²) in [5.74, 6) is -0.866. The molecule has 0 aromatic heterocycles. The number of carbonyl (C=O) groups excluding carboxylic acids is 2. The normalized spacial score (nSPS) is 11.1. The fourth-order valence-corrected chi connectivity index (χ4v) is 1.41. The van der Waals surface area contributed by atoms with E-state index >= 15 is 0 Å². The van der Waals surface area contributed by atoms with E-state index in [-0.39, 0.29) is 13.2 Å². The zero-order valence-electron chi connectivity index (χ0n) is 13.8. The Balaban J connectivity index is 4.67. The Kier molecular flexibility index (Phi) is 7.95. The van der Waals surface area contributed by atoms with E-state index in [2.05, 4.69) is 13.2 Å². The second-order valence-electron chi connectivity index (χ2n) is 6.08. The molecule has 0 N–H and O–H groups in total. The van der Waals surface area contributed by atoms with Crippen molar-refractivity contribution >= 4 is 11.9 Å². The predicted molar refractivity (Wildman–Crippen MR) is 82.8 cm³/mol. The molecule has 0 amide bonds. The first-order chi connectivity index (χ1) is 9.57. The van der Waals surface area contributed by atoms with E-state index < -0.39 is 17.4 Å². The molecule has 21 heavy (non-hydrogen) atoms. The summed E-state index contributed by atoms with van der Waals surface area (Å²) in [6, 6.07) is 0. The maximum absolute atomic E-state index is 11.5. The summed E-state index contributed by atoms with van der Waals surface area (Å²) in [6.45, 7) is 13.4. The van der Waals surface area contributed by atoms with Crippen molar-refractivity contribution < 1.29 is 19.1 Å². The first kappa shape index (κ1) is 19.4. The molecule has 0 aromatic rings. The maximum atomic E-state index is 11.5. The molecule has 0 aliphatic carbocycles. The van der Waals surface area contributed by atoms with E-state index in [1.165, 1.54) is 0 Å². The lowest BCUT2D eigenvalue weighted by Crippen LogP contribution is -2.34. The van der Waals surface area contributed by atoms with E-state index in [9.17, 15) is 9.59 Å². The number of rotatable bonds is 9. The monoisotopic (exact) mass is 297 g/mol. The lowest BCUT2D eigenvalue weighted by atomic mass is 9.88. The van der Waals surface area contributed by atoms with Gasteiger partial charge >= 0.3 is 11.9 Å². The van der Waals surface area contributed by atoms with Gasteiger partial charge in [-0.1, -0.05) is 20.1 Å². The summed E-state index contributed by atoms with van der Waals surface area (Å²) >= 11 is 0. The number of ether oxygens (including phenoxy) is 2.